The first kappa shape index (κ1) is 15.9. The summed E-state index contributed by atoms with van der Waals surface area (Å²) in [4.78, 5) is 12.0. The van der Waals surface area contributed by atoms with Gasteiger partial charge in [0.05, 0.1) is 19.0 Å². The van der Waals surface area contributed by atoms with Crippen molar-refractivity contribution in [3.8, 4) is 0 Å². The summed E-state index contributed by atoms with van der Waals surface area (Å²) in [6.45, 7) is 0. The molecule has 0 bridgehead atoms. The van der Waals surface area contributed by atoms with Crippen LogP contribution in [0, 0.1) is 2.88 Å². The zero-order valence-corrected chi connectivity index (χ0v) is 15.1. The van der Waals surface area contributed by atoms with E-state index in [4.69, 9.17) is 5.14 Å². The molecule has 0 saturated carbocycles. The molecule has 1 heterocycles. The van der Waals surface area contributed by atoms with E-state index in [0.717, 1.165) is 2.88 Å². The molecule has 1 aromatic heterocycles. The summed E-state index contributed by atoms with van der Waals surface area (Å²) in [5.41, 5.74) is 1.03. The van der Waals surface area contributed by atoms with Gasteiger partial charge in [0, 0.05) is 9.85 Å². The smallest absolute Gasteiger partial charge is 0.256 e. The van der Waals surface area contributed by atoms with Gasteiger partial charge in [-0.05, 0) is 62.8 Å². The number of nitrogens with one attached hydrogen (secondary N) is 1. The molecule has 0 spiro atoms. The molecule has 5 nitrogen and oxygen atoms in total. The predicted molar refractivity (Wildman–Crippen MR) is 90.5 cm³/mol. The van der Waals surface area contributed by atoms with E-state index < -0.39 is 10.0 Å². The Bertz CT molecular complexity index is 774. The molecule has 3 N–H and O–H groups in total. The van der Waals surface area contributed by atoms with Gasteiger partial charge in [-0.2, -0.15) is 0 Å². The van der Waals surface area contributed by atoms with Crippen LogP contribution in [-0.2, 0) is 10.0 Å². The summed E-state index contributed by atoms with van der Waals surface area (Å²) in [5, 5.41) is 9.49. The van der Waals surface area contributed by atoms with Crippen LogP contribution in [0.25, 0.3) is 0 Å². The Morgan fingerprint density at radius 2 is 2.05 bits per heavy atom. The first-order valence-electron chi connectivity index (χ1n) is 5.15. The Labute approximate surface area is 141 Å². The molecular weight excluding hydrogens is 479 g/mol. The van der Waals surface area contributed by atoms with Crippen LogP contribution in [0.15, 0.2) is 39.0 Å². The third kappa shape index (κ3) is 3.79. The van der Waals surface area contributed by atoms with Crippen LogP contribution in [0.3, 0.4) is 0 Å². The van der Waals surface area contributed by atoms with E-state index >= 15 is 0 Å². The number of thiophene rings is 1. The lowest BCUT2D eigenvalue weighted by Gasteiger charge is -2.07. The normalized spacial score (nSPS) is 11.3. The quantitative estimate of drug-likeness (QED) is 0.653. The molecule has 0 aliphatic heterocycles. The lowest BCUT2D eigenvalue weighted by Crippen LogP contribution is -2.14. The van der Waals surface area contributed by atoms with E-state index in [2.05, 4.69) is 43.8 Å². The average Bonchev–Trinajstić information content (AvgIpc) is 2.77. The fourth-order valence-electron chi connectivity index (χ4n) is 1.40. The number of carbonyl (C=O) groups excluding carboxylic acids is 1. The van der Waals surface area contributed by atoms with Gasteiger partial charge >= 0.3 is 0 Å². The number of sulfonamides is 1. The monoisotopic (exact) mass is 486 g/mol. The second kappa shape index (κ2) is 6.10. The van der Waals surface area contributed by atoms with E-state index in [-0.39, 0.29) is 10.8 Å². The minimum atomic E-state index is -3.76. The molecule has 106 valence electrons. The van der Waals surface area contributed by atoms with Crippen LogP contribution in [0.1, 0.15) is 10.4 Å². The number of halogens is 2. The molecule has 9 heteroatoms. The van der Waals surface area contributed by atoms with Crippen molar-refractivity contribution in [2.75, 3.05) is 5.32 Å². The number of rotatable bonds is 3. The number of hydrogen-bond acceptors (Lipinski definition) is 4. The Morgan fingerprint density at radius 1 is 1.35 bits per heavy atom. The SMILES string of the molecule is NS(=O)(=O)c1ccc(NC(=O)c2csc(I)c2)c(Br)c1. The largest absolute Gasteiger partial charge is 0.321 e. The summed E-state index contributed by atoms with van der Waals surface area (Å²) in [6, 6.07) is 5.95. The van der Waals surface area contributed by atoms with Gasteiger partial charge in [-0.15, -0.1) is 11.3 Å². The summed E-state index contributed by atoms with van der Waals surface area (Å²) in [6.07, 6.45) is 0. The summed E-state index contributed by atoms with van der Waals surface area (Å²) < 4.78 is 23.9. The lowest BCUT2D eigenvalue weighted by molar-refractivity contribution is 0.102. The molecule has 0 unspecified atom stereocenters. The van der Waals surface area contributed by atoms with Gasteiger partial charge in [0.25, 0.3) is 5.91 Å². The van der Waals surface area contributed by atoms with Gasteiger partial charge in [0.15, 0.2) is 0 Å². The fourth-order valence-corrected chi connectivity index (χ4v) is 3.89. The summed E-state index contributed by atoms with van der Waals surface area (Å²) in [5.74, 6) is -0.256. The highest BCUT2D eigenvalue weighted by molar-refractivity contribution is 14.1. The zero-order chi connectivity index (χ0) is 14.9. The van der Waals surface area contributed by atoms with Crippen LogP contribution in [0.2, 0.25) is 0 Å². The van der Waals surface area contributed by atoms with Crippen molar-refractivity contribution in [2.24, 2.45) is 5.14 Å². The fraction of sp³-hybridized carbons (Fsp3) is 0. The van der Waals surface area contributed by atoms with Crippen LogP contribution in [0.5, 0.6) is 0 Å². The molecule has 1 aromatic carbocycles. The topological polar surface area (TPSA) is 89.3 Å². The van der Waals surface area contributed by atoms with Crippen molar-refractivity contribution in [1.82, 2.24) is 0 Å². The Balaban J connectivity index is 2.25. The maximum atomic E-state index is 12.0. The van der Waals surface area contributed by atoms with Gasteiger partial charge < -0.3 is 5.32 Å². The lowest BCUT2D eigenvalue weighted by atomic mass is 10.3. The van der Waals surface area contributed by atoms with Gasteiger partial charge in [-0.1, -0.05) is 0 Å². The maximum absolute atomic E-state index is 12.0. The van der Waals surface area contributed by atoms with E-state index in [9.17, 15) is 13.2 Å². The standard InChI is InChI=1S/C11H8BrIN2O3S2/c12-8-4-7(20(14,17)18)1-2-9(8)15-11(16)6-3-10(13)19-5-6/h1-5H,(H,15,16)(H2,14,17,18). The van der Waals surface area contributed by atoms with Crippen molar-refractivity contribution < 1.29 is 13.2 Å². The van der Waals surface area contributed by atoms with Crippen molar-refractivity contribution in [3.05, 3.63) is 42.6 Å². The second-order valence-corrected chi connectivity index (χ2v) is 9.00. The molecule has 2 aromatic rings. The highest BCUT2D eigenvalue weighted by Crippen LogP contribution is 2.26. The van der Waals surface area contributed by atoms with Crippen molar-refractivity contribution in [3.63, 3.8) is 0 Å². The van der Waals surface area contributed by atoms with Crippen LogP contribution in [-0.4, -0.2) is 14.3 Å². The molecule has 0 atom stereocenters. The molecule has 0 aliphatic carbocycles. The van der Waals surface area contributed by atoms with E-state index in [1.807, 2.05) is 0 Å². The number of anilines is 1. The second-order valence-electron chi connectivity index (χ2n) is 3.78. The average molecular weight is 487 g/mol. The van der Waals surface area contributed by atoms with Crippen LogP contribution < -0.4 is 10.5 Å². The van der Waals surface area contributed by atoms with Crippen LogP contribution in [0.4, 0.5) is 5.69 Å². The number of nitrogens with two attached hydrogens (primary N) is 1. The predicted octanol–water partition coefficient (Wildman–Crippen LogP) is 3.01. The zero-order valence-electron chi connectivity index (χ0n) is 9.76. The number of benzene rings is 1. The van der Waals surface area contributed by atoms with E-state index in [0.29, 0.717) is 15.7 Å². The Hall–Kier alpha value is -0.490. The summed E-state index contributed by atoms with van der Waals surface area (Å²) in [7, 11) is -3.76. The number of hydrogen-bond donors (Lipinski definition) is 2. The Kier molecular flexibility index (Phi) is 4.84. The molecule has 0 saturated heterocycles. The summed E-state index contributed by atoms with van der Waals surface area (Å²) >= 11 is 6.82. The minimum Gasteiger partial charge on any atom is -0.321 e. The third-order valence-corrected chi connectivity index (χ3v) is 5.70. The third-order valence-electron chi connectivity index (χ3n) is 2.35. The molecule has 0 aliphatic rings. The molecule has 0 radical (unpaired) electrons. The molecule has 2 rings (SSSR count). The van der Waals surface area contributed by atoms with Gasteiger partial charge in [-0.3, -0.25) is 4.79 Å². The van der Waals surface area contributed by atoms with E-state index in [1.54, 1.807) is 11.4 Å². The Morgan fingerprint density at radius 3 is 2.55 bits per heavy atom. The molecule has 20 heavy (non-hydrogen) atoms. The first-order valence-corrected chi connectivity index (χ1v) is 9.45. The van der Waals surface area contributed by atoms with E-state index in [1.165, 1.54) is 29.5 Å². The maximum Gasteiger partial charge on any atom is 0.256 e. The van der Waals surface area contributed by atoms with Gasteiger partial charge in [-0.25, -0.2) is 13.6 Å². The van der Waals surface area contributed by atoms with Crippen LogP contribution >= 0.6 is 49.9 Å². The minimum absolute atomic E-state index is 0.0209. The number of amides is 1. The van der Waals surface area contributed by atoms with Crippen molar-refractivity contribution in [2.45, 2.75) is 4.90 Å². The highest BCUT2D eigenvalue weighted by Gasteiger charge is 2.13. The molecule has 1 amide bonds. The van der Waals surface area contributed by atoms with Gasteiger partial charge in [0.2, 0.25) is 10.0 Å². The first-order chi connectivity index (χ1) is 9.27. The van der Waals surface area contributed by atoms with Crippen molar-refractivity contribution >= 4 is 71.5 Å². The molecule has 0 fully saturated rings. The molecular formula is C11H8BrIN2O3S2. The number of carbonyl (C=O) groups is 1. The van der Waals surface area contributed by atoms with Gasteiger partial charge in [0.1, 0.15) is 0 Å². The number of primary sulfonamides is 1. The van der Waals surface area contributed by atoms with Crippen molar-refractivity contribution in [1.29, 1.82) is 0 Å². The highest BCUT2D eigenvalue weighted by atomic mass is 127.